The summed E-state index contributed by atoms with van der Waals surface area (Å²) in [5, 5.41) is 26.0. The number of phosphoric acid groups is 3. The summed E-state index contributed by atoms with van der Waals surface area (Å²) in [5.74, 6) is -1.31. The molecule has 2 amide bonds. The molecule has 1 aliphatic rings. The summed E-state index contributed by atoms with van der Waals surface area (Å²) in [6.45, 7) is 0.326. The van der Waals surface area contributed by atoms with Crippen molar-refractivity contribution in [2.75, 3.05) is 37.8 Å². The van der Waals surface area contributed by atoms with Crippen LogP contribution in [0.3, 0.4) is 0 Å². The molecule has 326 valence electrons. The minimum Gasteiger partial charge on any atom is -0.395 e. The lowest BCUT2D eigenvalue weighted by Crippen LogP contribution is -2.46. The number of nitrogen functional groups attached to an aromatic ring is 1. The van der Waals surface area contributed by atoms with Gasteiger partial charge in [-0.05, 0) is 11.6 Å². The molecule has 0 aliphatic carbocycles. The summed E-state index contributed by atoms with van der Waals surface area (Å²) >= 11 is 0.904. The Labute approximate surface area is 339 Å². The highest BCUT2D eigenvalue weighted by atomic mass is 32.2. The molecule has 1 fully saturated rings. The number of aliphatic hydroxyl groups is 2. The average molecular weight is 913 g/mol. The molecule has 3 aromatic rings. The number of hydrogen-bond acceptors (Lipinski definition) is 19. The van der Waals surface area contributed by atoms with Crippen molar-refractivity contribution in [1.82, 2.24) is 30.2 Å². The number of carbonyl (C=O) groups excluding carboxylic acids is 3. The van der Waals surface area contributed by atoms with E-state index < -0.39 is 84.6 Å². The average Bonchev–Trinajstić information content (AvgIpc) is 3.71. The fourth-order valence-corrected chi connectivity index (χ4v) is 8.59. The molecule has 25 nitrogen and oxygen atoms in total. The van der Waals surface area contributed by atoms with E-state index in [4.69, 9.17) is 25.3 Å². The molecule has 1 aromatic carbocycles. The third-order valence-corrected chi connectivity index (χ3v) is 12.1. The number of carbonyl (C=O) groups is 3. The second kappa shape index (κ2) is 20.3. The molecule has 0 radical (unpaired) electrons. The van der Waals surface area contributed by atoms with Crippen molar-refractivity contribution in [3.8, 4) is 0 Å². The molecule has 7 unspecified atom stereocenters. The van der Waals surface area contributed by atoms with Gasteiger partial charge in [0.05, 0.1) is 25.2 Å². The van der Waals surface area contributed by atoms with Crippen LogP contribution >= 0.6 is 35.2 Å². The largest absolute Gasteiger partial charge is 0.481 e. The van der Waals surface area contributed by atoms with Crippen molar-refractivity contribution >= 4 is 75.2 Å². The van der Waals surface area contributed by atoms with Crippen LogP contribution in [0.1, 0.15) is 32.1 Å². The molecular formula is C30H43N8O17P3S. The molecule has 1 aliphatic heterocycles. The number of fused-ring (bicyclic) bond motifs is 1. The van der Waals surface area contributed by atoms with Gasteiger partial charge in [0.25, 0.3) is 0 Å². The van der Waals surface area contributed by atoms with Crippen molar-refractivity contribution < 1.29 is 80.5 Å². The van der Waals surface area contributed by atoms with Gasteiger partial charge in [-0.3, -0.25) is 32.5 Å². The van der Waals surface area contributed by atoms with E-state index in [-0.39, 0.29) is 53.1 Å². The van der Waals surface area contributed by atoms with Gasteiger partial charge in [0.1, 0.15) is 36.3 Å². The molecule has 0 spiro atoms. The Morgan fingerprint density at radius 1 is 1.03 bits per heavy atom. The fourth-order valence-electron chi connectivity index (χ4n) is 5.14. The Morgan fingerprint density at radius 2 is 1.71 bits per heavy atom. The van der Waals surface area contributed by atoms with Crippen LogP contribution in [0.2, 0.25) is 0 Å². The van der Waals surface area contributed by atoms with Crippen LogP contribution < -0.4 is 22.1 Å². The summed E-state index contributed by atoms with van der Waals surface area (Å²) in [7, 11) is -16.4. The summed E-state index contributed by atoms with van der Waals surface area (Å²) in [6, 6.07) is 8.98. The molecule has 0 bridgehead atoms. The van der Waals surface area contributed by atoms with E-state index in [1.807, 2.05) is 6.07 Å². The van der Waals surface area contributed by atoms with E-state index in [0.717, 1.165) is 34.5 Å². The monoisotopic (exact) mass is 912 g/mol. The SMILES string of the molecule is CC(C)(COP(=O)(O)OP(=O)(O)OCC1OC(n2cnc3c(N)ncnc32)C(O)C1OP(=O)(O)O)C(O)C(=O)NCCC(=O)NCCSC(=O)/C(N)=C/c1ccccc1. The molecular weight excluding hydrogens is 869 g/mol. The number of rotatable bonds is 21. The Bertz CT molecular complexity index is 2140. The number of imidazole rings is 1. The Kier molecular flexibility index (Phi) is 16.5. The topological polar surface area (TPSA) is 390 Å². The molecule has 29 heteroatoms. The molecule has 59 heavy (non-hydrogen) atoms. The van der Waals surface area contributed by atoms with Crippen LogP contribution in [0.4, 0.5) is 5.82 Å². The quantitative estimate of drug-likeness (QED) is 0.0371. The van der Waals surface area contributed by atoms with Gasteiger partial charge in [-0.2, -0.15) is 4.31 Å². The highest BCUT2D eigenvalue weighted by Crippen LogP contribution is 2.61. The van der Waals surface area contributed by atoms with Crippen LogP contribution in [0.25, 0.3) is 17.2 Å². The van der Waals surface area contributed by atoms with Crippen molar-refractivity contribution in [2.24, 2.45) is 11.1 Å². The fraction of sp³-hybridized carbons (Fsp3) is 0.467. The van der Waals surface area contributed by atoms with E-state index in [1.165, 1.54) is 19.9 Å². The van der Waals surface area contributed by atoms with Gasteiger partial charge < -0.3 is 56.6 Å². The number of benzene rings is 1. The number of amides is 2. The van der Waals surface area contributed by atoms with E-state index >= 15 is 0 Å². The summed E-state index contributed by atoms with van der Waals surface area (Å²) < 4.78 is 62.2. The highest BCUT2D eigenvalue weighted by molar-refractivity contribution is 8.14. The Hall–Kier alpha value is -3.68. The number of hydrogen-bond donors (Lipinski definition) is 10. The van der Waals surface area contributed by atoms with Crippen LogP contribution in [0.5, 0.6) is 0 Å². The number of thioether (sulfide) groups is 1. The first-order valence-electron chi connectivity index (χ1n) is 17.1. The molecule has 0 saturated carbocycles. The van der Waals surface area contributed by atoms with Gasteiger partial charge >= 0.3 is 23.5 Å². The number of nitrogens with two attached hydrogens (primary N) is 2. The van der Waals surface area contributed by atoms with E-state index in [0.29, 0.717) is 0 Å². The molecule has 2 aromatic heterocycles. The minimum absolute atomic E-state index is 0.0256. The van der Waals surface area contributed by atoms with Gasteiger partial charge in [-0.15, -0.1) is 0 Å². The van der Waals surface area contributed by atoms with Gasteiger partial charge in [0, 0.05) is 30.7 Å². The second-order valence-corrected chi connectivity index (χ2v) is 18.5. The number of ether oxygens (including phenoxy) is 1. The molecule has 4 rings (SSSR count). The predicted octanol–water partition coefficient (Wildman–Crippen LogP) is -0.335. The van der Waals surface area contributed by atoms with Gasteiger partial charge in [-0.25, -0.2) is 28.6 Å². The maximum atomic E-state index is 12.7. The lowest BCUT2D eigenvalue weighted by Gasteiger charge is -2.30. The van der Waals surface area contributed by atoms with Crippen molar-refractivity contribution in [2.45, 2.75) is 50.9 Å². The maximum Gasteiger partial charge on any atom is 0.481 e. The molecule has 1 saturated heterocycles. The zero-order valence-corrected chi connectivity index (χ0v) is 34.6. The van der Waals surface area contributed by atoms with Crippen LogP contribution in [-0.4, -0.2) is 123 Å². The zero-order chi connectivity index (χ0) is 43.8. The minimum atomic E-state index is -5.58. The first-order chi connectivity index (χ1) is 27.5. The van der Waals surface area contributed by atoms with Gasteiger partial charge in [-0.1, -0.05) is 55.9 Å². The lowest BCUT2D eigenvalue weighted by molar-refractivity contribution is -0.137. The summed E-state index contributed by atoms with van der Waals surface area (Å²) in [6.07, 6.45) is -5.48. The van der Waals surface area contributed by atoms with Gasteiger partial charge in [0.2, 0.25) is 16.9 Å². The maximum absolute atomic E-state index is 12.7. The smallest absolute Gasteiger partial charge is 0.395 e. The van der Waals surface area contributed by atoms with Crippen molar-refractivity contribution in [3.63, 3.8) is 0 Å². The first-order valence-corrected chi connectivity index (χ1v) is 22.6. The number of nitrogens with zero attached hydrogens (tertiary/aromatic N) is 4. The zero-order valence-electron chi connectivity index (χ0n) is 31.1. The van der Waals surface area contributed by atoms with E-state index in [2.05, 4.69) is 34.4 Å². The van der Waals surface area contributed by atoms with E-state index in [1.54, 1.807) is 24.3 Å². The summed E-state index contributed by atoms with van der Waals surface area (Å²) in [5.41, 5.74) is 10.9. The van der Waals surface area contributed by atoms with Crippen LogP contribution in [0.15, 0.2) is 48.7 Å². The molecule has 3 heterocycles. The third kappa shape index (κ3) is 14.2. The Morgan fingerprint density at radius 3 is 2.39 bits per heavy atom. The van der Waals surface area contributed by atoms with Crippen molar-refractivity contribution in [3.05, 3.63) is 54.2 Å². The number of phosphoric ester groups is 3. The third-order valence-electron chi connectivity index (χ3n) is 8.09. The van der Waals surface area contributed by atoms with Crippen LogP contribution in [-0.2, 0) is 50.7 Å². The van der Waals surface area contributed by atoms with Crippen LogP contribution in [0, 0.1) is 5.41 Å². The number of anilines is 1. The predicted molar refractivity (Wildman–Crippen MR) is 206 cm³/mol. The molecule has 7 atom stereocenters. The van der Waals surface area contributed by atoms with E-state index in [9.17, 15) is 57.9 Å². The second-order valence-electron chi connectivity index (χ2n) is 13.2. The normalized spacial score (nSPS) is 21.4. The number of nitrogens with one attached hydrogen (secondary N) is 2. The standard InChI is InChI=1S/C30H43N8O17P3S/c1-30(2,24(41)27(42)34-9-8-20(39)33-10-11-59-29(43)18(31)12-17-6-4-3-5-7-17)14-52-58(49,50)55-57(47,48)51-13-19-23(54-56(44,45)46)22(40)28(53-19)38-16-37-21-25(32)35-15-36-26(21)38/h3-7,12,15-16,19,22-24,28,40-41H,8-11,13-14,31H2,1-2H3,(H,33,39)(H,34,42)(H,47,48)(H,49,50)(H2,32,35,36)(H2,44,45,46)/b18-12-. The Balaban J connectivity index is 1.21. The first kappa shape index (κ1) is 48.0. The highest BCUT2D eigenvalue weighted by Gasteiger charge is 2.50. The van der Waals surface area contributed by atoms with Crippen molar-refractivity contribution in [1.29, 1.82) is 0 Å². The lowest BCUT2D eigenvalue weighted by atomic mass is 9.87. The van der Waals surface area contributed by atoms with Gasteiger partial charge in [0.15, 0.2) is 17.7 Å². The number of aliphatic hydroxyl groups excluding tert-OH is 2. The number of aromatic nitrogens is 4. The molecule has 12 N–H and O–H groups in total. The summed E-state index contributed by atoms with van der Waals surface area (Å²) in [4.78, 5) is 88.0.